The van der Waals surface area contributed by atoms with Crippen LogP contribution < -0.4 is 5.32 Å². The van der Waals surface area contributed by atoms with Crippen molar-refractivity contribution in [1.82, 2.24) is 20.0 Å². The summed E-state index contributed by atoms with van der Waals surface area (Å²) in [6, 6.07) is 0. The van der Waals surface area contributed by atoms with Crippen LogP contribution in [0.3, 0.4) is 0 Å². The molecule has 0 aliphatic carbocycles. The Kier molecular flexibility index (Phi) is 12.5. The summed E-state index contributed by atoms with van der Waals surface area (Å²) in [5, 5.41) is 3.49. The van der Waals surface area contributed by atoms with Crippen LogP contribution in [-0.4, -0.2) is 91.3 Å². The Morgan fingerprint density at radius 3 is 2.26 bits per heavy atom. The van der Waals surface area contributed by atoms with Gasteiger partial charge in [0.1, 0.15) is 5.60 Å². The average Bonchev–Trinajstić information content (AvgIpc) is 3.16. The SMILES string of the molecule is CCNC(=NCC1CCN(CC)C1)N1CCC(CN(CC)C(=O)OC(C)(C)C)CC1.I. The first-order valence-corrected chi connectivity index (χ1v) is 12.0. The number of hydrogen-bond donors (Lipinski definition) is 1. The molecule has 0 aromatic rings. The van der Waals surface area contributed by atoms with Crippen molar-refractivity contribution in [2.75, 3.05) is 58.9 Å². The second kappa shape index (κ2) is 13.7. The van der Waals surface area contributed by atoms with Crippen LogP contribution >= 0.6 is 24.0 Å². The van der Waals surface area contributed by atoms with Crippen molar-refractivity contribution in [3.63, 3.8) is 0 Å². The van der Waals surface area contributed by atoms with E-state index in [4.69, 9.17) is 9.73 Å². The van der Waals surface area contributed by atoms with Crippen LogP contribution in [-0.2, 0) is 4.74 Å². The molecule has 0 bridgehead atoms. The molecule has 2 fully saturated rings. The Bertz CT molecular complexity index is 559. The van der Waals surface area contributed by atoms with E-state index in [0.717, 1.165) is 58.1 Å². The zero-order valence-corrected chi connectivity index (χ0v) is 23.0. The topological polar surface area (TPSA) is 60.4 Å². The maximum absolute atomic E-state index is 12.4. The minimum atomic E-state index is -0.446. The molecule has 2 aliphatic heterocycles. The number of nitrogens with zero attached hydrogens (tertiary/aromatic N) is 4. The van der Waals surface area contributed by atoms with Gasteiger partial charge >= 0.3 is 6.09 Å². The van der Waals surface area contributed by atoms with Gasteiger partial charge < -0.3 is 24.8 Å². The van der Waals surface area contributed by atoms with Crippen LogP contribution in [0.5, 0.6) is 0 Å². The molecule has 0 aromatic heterocycles. The Morgan fingerprint density at radius 1 is 1.10 bits per heavy atom. The molecule has 7 nitrogen and oxygen atoms in total. The minimum Gasteiger partial charge on any atom is -0.444 e. The monoisotopic (exact) mass is 551 g/mol. The third-order valence-corrected chi connectivity index (χ3v) is 6.08. The van der Waals surface area contributed by atoms with Gasteiger partial charge in [-0.2, -0.15) is 0 Å². The normalized spacial score (nSPS) is 21.0. The number of carbonyl (C=O) groups excluding carboxylic acids is 1. The Hall–Kier alpha value is -0.770. The Morgan fingerprint density at radius 2 is 1.74 bits per heavy atom. The summed E-state index contributed by atoms with van der Waals surface area (Å²) in [6.45, 7) is 21.0. The highest BCUT2D eigenvalue weighted by atomic mass is 127. The Labute approximate surface area is 207 Å². The molecule has 0 saturated carbocycles. The number of piperidine rings is 1. The van der Waals surface area contributed by atoms with Gasteiger partial charge in [0.15, 0.2) is 5.96 Å². The summed E-state index contributed by atoms with van der Waals surface area (Å²) in [6.07, 6.45) is 3.23. The molecule has 0 spiro atoms. The molecule has 2 heterocycles. The van der Waals surface area contributed by atoms with E-state index in [1.807, 2.05) is 32.6 Å². The first-order chi connectivity index (χ1) is 14.3. The molecule has 0 radical (unpaired) electrons. The van der Waals surface area contributed by atoms with Gasteiger partial charge in [0.2, 0.25) is 0 Å². The first-order valence-electron chi connectivity index (χ1n) is 12.0. The second-order valence-corrected chi connectivity index (χ2v) is 9.69. The van der Waals surface area contributed by atoms with Crippen molar-refractivity contribution in [3.05, 3.63) is 0 Å². The summed E-state index contributed by atoms with van der Waals surface area (Å²) in [5.41, 5.74) is -0.446. The number of hydrogen-bond acceptors (Lipinski definition) is 4. The van der Waals surface area contributed by atoms with E-state index in [2.05, 4.69) is 29.0 Å². The number of aliphatic imine (C=N–C) groups is 1. The molecular formula is C23H46IN5O2. The number of amides is 1. The van der Waals surface area contributed by atoms with Crippen molar-refractivity contribution >= 4 is 36.0 Å². The van der Waals surface area contributed by atoms with Gasteiger partial charge in [-0.05, 0) is 78.8 Å². The van der Waals surface area contributed by atoms with Crippen molar-refractivity contribution in [2.45, 2.75) is 66.4 Å². The maximum atomic E-state index is 12.4. The fourth-order valence-corrected chi connectivity index (χ4v) is 4.29. The molecule has 182 valence electrons. The lowest BCUT2D eigenvalue weighted by atomic mass is 9.96. The highest BCUT2D eigenvalue weighted by Crippen LogP contribution is 2.21. The molecule has 31 heavy (non-hydrogen) atoms. The van der Waals surface area contributed by atoms with Gasteiger partial charge in [-0.3, -0.25) is 4.99 Å². The van der Waals surface area contributed by atoms with Gasteiger partial charge in [0.25, 0.3) is 0 Å². The Balaban J connectivity index is 0.00000480. The van der Waals surface area contributed by atoms with Gasteiger partial charge in [0.05, 0.1) is 0 Å². The quantitative estimate of drug-likeness (QED) is 0.296. The molecule has 2 saturated heterocycles. The predicted molar refractivity (Wildman–Crippen MR) is 139 cm³/mol. The largest absolute Gasteiger partial charge is 0.444 e. The van der Waals surface area contributed by atoms with E-state index < -0.39 is 5.60 Å². The molecular weight excluding hydrogens is 505 g/mol. The lowest BCUT2D eigenvalue weighted by Crippen LogP contribution is -2.48. The van der Waals surface area contributed by atoms with Crippen molar-refractivity contribution in [3.8, 4) is 0 Å². The molecule has 1 unspecified atom stereocenters. The van der Waals surface area contributed by atoms with Crippen molar-refractivity contribution in [2.24, 2.45) is 16.8 Å². The van der Waals surface area contributed by atoms with Crippen LogP contribution in [0.15, 0.2) is 4.99 Å². The molecule has 1 atom stereocenters. The lowest BCUT2D eigenvalue weighted by Gasteiger charge is -2.36. The van der Waals surface area contributed by atoms with Crippen molar-refractivity contribution in [1.29, 1.82) is 0 Å². The summed E-state index contributed by atoms with van der Waals surface area (Å²) in [4.78, 5) is 24.2. The van der Waals surface area contributed by atoms with Gasteiger partial charge in [-0.15, -0.1) is 24.0 Å². The van der Waals surface area contributed by atoms with E-state index in [1.165, 1.54) is 19.5 Å². The number of ether oxygens (including phenoxy) is 1. The molecule has 1 N–H and O–H groups in total. The smallest absolute Gasteiger partial charge is 0.410 e. The van der Waals surface area contributed by atoms with E-state index in [9.17, 15) is 4.79 Å². The minimum absolute atomic E-state index is 0. The van der Waals surface area contributed by atoms with Crippen LogP contribution in [0.4, 0.5) is 4.79 Å². The van der Waals surface area contributed by atoms with E-state index in [0.29, 0.717) is 18.4 Å². The number of rotatable bonds is 7. The maximum Gasteiger partial charge on any atom is 0.410 e. The molecule has 0 aromatic carbocycles. The number of guanidine groups is 1. The average molecular weight is 552 g/mol. The molecule has 8 heteroatoms. The number of nitrogens with one attached hydrogen (secondary N) is 1. The molecule has 2 aliphatic rings. The number of halogens is 1. The molecule has 1 amide bonds. The summed E-state index contributed by atoms with van der Waals surface area (Å²) in [5.74, 6) is 2.26. The third-order valence-electron chi connectivity index (χ3n) is 6.08. The lowest BCUT2D eigenvalue weighted by molar-refractivity contribution is 0.0214. The van der Waals surface area contributed by atoms with Gasteiger partial charge in [-0.1, -0.05) is 6.92 Å². The van der Waals surface area contributed by atoms with Crippen LogP contribution in [0.25, 0.3) is 0 Å². The van der Waals surface area contributed by atoms with Gasteiger partial charge in [0, 0.05) is 45.8 Å². The zero-order valence-electron chi connectivity index (χ0n) is 20.7. The fourth-order valence-electron chi connectivity index (χ4n) is 4.29. The fraction of sp³-hybridized carbons (Fsp3) is 0.913. The van der Waals surface area contributed by atoms with Crippen molar-refractivity contribution < 1.29 is 9.53 Å². The summed E-state index contributed by atoms with van der Waals surface area (Å²) in [7, 11) is 0. The number of likely N-dealkylation sites (tertiary alicyclic amines) is 2. The zero-order chi connectivity index (χ0) is 22.1. The van der Waals surface area contributed by atoms with E-state index in [1.54, 1.807) is 0 Å². The first kappa shape index (κ1) is 28.3. The third kappa shape index (κ3) is 9.72. The number of carbonyl (C=O) groups is 1. The highest BCUT2D eigenvalue weighted by Gasteiger charge is 2.27. The molecule has 2 rings (SSSR count). The second-order valence-electron chi connectivity index (χ2n) is 9.69. The highest BCUT2D eigenvalue weighted by molar-refractivity contribution is 14.0. The van der Waals surface area contributed by atoms with Gasteiger partial charge in [-0.25, -0.2) is 4.79 Å². The van der Waals surface area contributed by atoms with Crippen LogP contribution in [0.2, 0.25) is 0 Å². The van der Waals surface area contributed by atoms with Crippen LogP contribution in [0, 0.1) is 11.8 Å². The van der Waals surface area contributed by atoms with Crippen LogP contribution in [0.1, 0.15) is 60.8 Å². The summed E-state index contributed by atoms with van der Waals surface area (Å²) < 4.78 is 5.56. The predicted octanol–water partition coefficient (Wildman–Crippen LogP) is 3.88. The summed E-state index contributed by atoms with van der Waals surface area (Å²) >= 11 is 0. The van der Waals surface area contributed by atoms with E-state index >= 15 is 0 Å². The van der Waals surface area contributed by atoms with E-state index in [-0.39, 0.29) is 30.1 Å². The standard InChI is InChI=1S/C23H45N5O2.HI/c1-7-24-21(25-16-20-10-13-26(8-2)17-20)28-14-11-19(12-15-28)18-27(9-3)22(29)30-23(4,5)6;/h19-20H,7-18H2,1-6H3,(H,24,25);1H.